The van der Waals surface area contributed by atoms with Gasteiger partial charge in [0.25, 0.3) is 10.0 Å². The van der Waals surface area contributed by atoms with E-state index in [1.807, 2.05) is 0 Å². The molecule has 102 valence electrons. The summed E-state index contributed by atoms with van der Waals surface area (Å²) in [4.78, 5) is -0.229. The second-order valence-electron chi connectivity index (χ2n) is 3.84. The number of hydrogen-bond acceptors (Lipinski definition) is 3. The fourth-order valence-corrected chi connectivity index (χ4v) is 2.77. The van der Waals surface area contributed by atoms with E-state index in [1.54, 1.807) is 6.07 Å². The molecule has 4 nitrogen and oxygen atoms in total. The van der Waals surface area contributed by atoms with E-state index >= 15 is 0 Å². The van der Waals surface area contributed by atoms with Gasteiger partial charge in [-0.3, -0.25) is 4.72 Å². The number of nitriles is 1. The predicted molar refractivity (Wildman–Crippen MR) is 68.3 cm³/mol. The third-order valence-electron chi connectivity index (χ3n) is 2.47. The van der Waals surface area contributed by atoms with Gasteiger partial charge in [-0.15, -0.1) is 0 Å². The van der Waals surface area contributed by atoms with E-state index in [0.717, 1.165) is 18.2 Å². The van der Waals surface area contributed by atoms with Gasteiger partial charge in [0.2, 0.25) is 0 Å². The number of hydrogen-bond donors (Lipinski definition) is 1. The molecule has 7 heteroatoms. The molecule has 0 amide bonds. The predicted octanol–water partition coefficient (Wildman–Crippen LogP) is 2.64. The van der Waals surface area contributed by atoms with E-state index in [-0.39, 0.29) is 16.1 Å². The van der Waals surface area contributed by atoms with Crippen molar-refractivity contribution < 1.29 is 17.2 Å². The van der Waals surface area contributed by atoms with E-state index in [4.69, 9.17) is 5.26 Å². The summed E-state index contributed by atoms with van der Waals surface area (Å²) in [6, 6.07) is 9.96. The fourth-order valence-electron chi connectivity index (χ4n) is 1.56. The van der Waals surface area contributed by atoms with Crippen LogP contribution in [0.2, 0.25) is 0 Å². The summed E-state index contributed by atoms with van der Waals surface area (Å²) in [5.41, 5.74) is -0.167. The molecule has 0 saturated carbocycles. The first-order valence-corrected chi connectivity index (χ1v) is 6.89. The quantitative estimate of drug-likeness (QED) is 0.946. The Bertz CT molecular complexity index is 798. The lowest BCUT2D eigenvalue weighted by Crippen LogP contribution is -2.14. The van der Waals surface area contributed by atoms with Crippen LogP contribution in [-0.2, 0) is 10.0 Å². The molecule has 0 unspecified atom stereocenters. The Balaban J connectivity index is 2.41. The largest absolute Gasteiger partial charge is 0.279 e. The van der Waals surface area contributed by atoms with Gasteiger partial charge in [0.1, 0.15) is 11.0 Å². The van der Waals surface area contributed by atoms with Crippen molar-refractivity contribution in [1.82, 2.24) is 0 Å². The van der Waals surface area contributed by atoms with Crippen molar-refractivity contribution in [2.75, 3.05) is 4.72 Å². The molecule has 0 aliphatic carbocycles. The highest BCUT2D eigenvalue weighted by atomic mass is 32.2. The Morgan fingerprint density at radius 2 is 1.75 bits per heavy atom. The van der Waals surface area contributed by atoms with Gasteiger partial charge in [-0.25, -0.2) is 17.2 Å². The highest BCUT2D eigenvalue weighted by Crippen LogP contribution is 2.20. The lowest BCUT2D eigenvalue weighted by Gasteiger charge is -2.09. The first kappa shape index (κ1) is 14.0. The van der Waals surface area contributed by atoms with Crippen LogP contribution in [0.3, 0.4) is 0 Å². The zero-order valence-corrected chi connectivity index (χ0v) is 10.8. The number of benzene rings is 2. The van der Waals surface area contributed by atoms with Crippen LogP contribution in [0.5, 0.6) is 0 Å². The van der Waals surface area contributed by atoms with Crippen LogP contribution >= 0.6 is 0 Å². The van der Waals surface area contributed by atoms with Crippen molar-refractivity contribution in [1.29, 1.82) is 5.26 Å². The average molecular weight is 294 g/mol. The van der Waals surface area contributed by atoms with Gasteiger partial charge in [0.15, 0.2) is 11.6 Å². The third-order valence-corrected chi connectivity index (χ3v) is 3.91. The molecule has 0 spiro atoms. The number of sulfonamides is 1. The van der Waals surface area contributed by atoms with Crippen LogP contribution in [0.25, 0.3) is 0 Å². The van der Waals surface area contributed by atoms with Crippen LogP contribution in [-0.4, -0.2) is 8.42 Å². The molecule has 2 aromatic carbocycles. The zero-order valence-electron chi connectivity index (χ0n) is 9.97. The topological polar surface area (TPSA) is 70.0 Å². The molecule has 0 bridgehead atoms. The molecule has 0 aliphatic rings. The maximum absolute atomic E-state index is 13.0. The Hall–Kier alpha value is -2.46. The maximum Gasteiger partial charge on any atom is 0.263 e. The number of halogens is 2. The minimum absolute atomic E-state index is 0.0393. The van der Waals surface area contributed by atoms with Gasteiger partial charge in [-0.05, 0) is 24.3 Å². The third kappa shape index (κ3) is 2.75. The molecular weight excluding hydrogens is 286 g/mol. The molecule has 0 fully saturated rings. The summed E-state index contributed by atoms with van der Waals surface area (Å²) in [7, 11) is -4.05. The second-order valence-corrected chi connectivity index (χ2v) is 5.49. The lowest BCUT2D eigenvalue weighted by atomic mass is 10.2. The maximum atomic E-state index is 13.0. The Labute approximate surface area is 114 Å². The second kappa shape index (κ2) is 5.27. The zero-order chi connectivity index (χ0) is 14.8. The van der Waals surface area contributed by atoms with E-state index in [9.17, 15) is 17.2 Å². The number of nitrogens with one attached hydrogen (secondary N) is 1. The molecule has 0 heterocycles. The molecule has 1 N–H and O–H groups in total. The molecule has 0 saturated heterocycles. The average Bonchev–Trinajstić information content (AvgIpc) is 2.42. The monoisotopic (exact) mass is 294 g/mol. The van der Waals surface area contributed by atoms with E-state index < -0.39 is 21.7 Å². The van der Waals surface area contributed by atoms with Crippen molar-refractivity contribution in [2.45, 2.75) is 4.90 Å². The SMILES string of the molecule is N#Cc1ccccc1S(=O)(=O)Nc1ccc(F)c(F)c1. The van der Waals surface area contributed by atoms with E-state index in [2.05, 4.69) is 4.72 Å². The van der Waals surface area contributed by atoms with Crippen LogP contribution in [0, 0.1) is 23.0 Å². The molecular formula is C13H8F2N2O2S. The molecule has 0 aliphatic heterocycles. The van der Waals surface area contributed by atoms with Crippen LogP contribution in [0.1, 0.15) is 5.56 Å². The smallest absolute Gasteiger partial charge is 0.263 e. The standard InChI is InChI=1S/C13H8F2N2O2S/c14-11-6-5-10(7-12(11)15)17-20(18,19)13-4-2-1-3-9(13)8-16/h1-7,17H. The summed E-state index contributed by atoms with van der Waals surface area (Å²) >= 11 is 0. The normalized spacial score (nSPS) is 10.8. The summed E-state index contributed by atoms with van der Waals surface area (Å²) in [6.07, 6.45) is 0. The fraction of sp³-hybridized carbons (Fsp3) is 0. The minimum atomic E-state index is -4.05. The summed E-state index contributed by atoms with van der Waals surface area (Å²) in [6.45, 7) is 0. The highest BCUT2D eigenvalue weighted by Gasteiger charge is 2.18. The Kier molecular flexibility index (Phi) is 3.68. The molecule has 0 radical (unpaired) electrons. The van der Waals surface area contributed by atoms with Gasteiger partial charge in [-0.2, -0.15) is 5.26 Å². The van der Waals surface area contributed by atoms with Crippen LogP contribution in [0.4, 0.5) is 14.5 Å². The summed E-state index contributed by atoms with van der Waals surface area (Å²) in [5.74, 6) is -2.25. The molecule has 2 aromatic rings. The summed E-state index contributed by atoms with van der Waals surface area (Å²) < 4.78 is 52.1. The van der Waals surface area contributed by atoms with Crippen molar-refractivity contribution >= 4 is 15.7 Å². The first-order chi connectivity index (χ1) is 9.44. The van der Waals surface area contributed by atoms with Gasteiger partial charge < -0.3 is 0 Å². The molecule has 2 rings (SSSR count). The highest BCUT2D eigenvalue weighted by molar-refractivity contribution is 7.92. The molecule has 0 aromatic heterocycles. The minimum Gasteiger partial charge on any atom is -0.279 e. The van der Waals surface area contributed by atoms with Crippen molar-refractivity contribution in [3.63, 3.8) is 0 Å². The number of rotatable bonds is 3. The molecule has 0 atom stereocenters. The molecule has 20 heavy (non-hydrogen) atoms. The number of anilines is 1. The van der Waals surface area contributed by atoms with Crippen molar-refractivity contribution in [3.8, 4) is 6.07 Å². The Morgan fingerprint density at radius 3 is 2.40 bits per heavy atom. The van der Waals surface area contributed by atoms with Crippen molar-refractivity contribution in [3.05, 3.63) is 59.7 Å². The lowest BCUT2D eigenvalue weighted by molar-refractivity contribution is 0.509. The Morgan fingerprint density at radius 1 is 1.05 bits per heavy atom. The van der Waals surface area contributed by atoms with Crippen LogP contribution in [0.15, 0.2) is 47.4 Å². The van der Waals surface area contributed by atoms with E-state index in [0.29, 0.717) is 0 Å². The van der Waals surface area contributed by atoms with Gasteiger partial charge in [0, 0.05) is 6.07 Å². The van der Waals surface area contributed by atoms with Gasteiger partial charge in [-0.1, -0.05) is 12.1 Å². The van der Waals surface area contributed by atoms with Gasteiger partial charge in [0.05, 0.1) is 11.3 Å². The summed E-state index contributed by atoms with van der Waals surface area (Å²) in [5, 5.41) is 8.88. The van der Waals surface area contributed by atoms with Crippen LogP contribution < -0.4 is 4.72 Å². The van der Waals surface area contributed by atoms with Crippen molar-refractivity contribution in [2.24, 2.45) is 0 Å². The van der Waals surface area contributed by atoms with E-state index in [1.165, 1.54) is 24.3 Å². The number of nitrogens with zero attached hydrogens (tertiary/aromatic N) is 1. The van der Waals surface area contributed by atoms with Gasteiger partial charge >= 0.3 is 0 Å². The first-order valence-electron chi connectivity index (χ1n) is 5.41.